The number of benzene rings is 3. The molecule has 4 aromatic rings. The lowest BCUT2D eigenvalue weighted by atomic mass is 10.1. The Balaban J connectivity index is 1.38. The Bertz CT molecular complexity index is 1340. The van der Waals surface area contributed by atoms with Crippen LogP contribution in [0.1, 0.15) is 30.4 Å². The summed E-state index contributed by atoms with van der Waals surface area (Å²) >= 11 is 7.54. The summed E-state index contributed by atoms with van der Waals surface area (Å²) in [5.74, 6) is -0.705. The third-order valence-corrected chi connectivity index (χ3v) is 6.43. The minimum Gasteiger partial charge on any atom is -0.497 e. The molecule has 166 valence electrons. The fraction of sp³-hybridized carbons (Fsp3) is 0.0417. The van der Waals surface area contributed by atoms with Crippen molar-refractivity contribution in [3.63, 3.8) is 0 Å². The van der Waals surface area contributed by atoms with E-state index in [0.29, 0.717) is 22.0 Å². The zero-order valence-corrected chi connectivity index (χ0v) is 18.9. The average Bonchev–Trinajstić information content (AvgIpc) is 3.18. The molecule has 0 fully saturated rings. The summed E-state index contributed by atoms with van der Waals surface area (Å²) in [6, 6.07) is 20.4. The lowest BCUT2D eigenvalue weighted by molar-refractivity contribution is 0.0849. The van der Waals surface area contributed by atoms with Crippen molar-refractivity contribution in [3.8, 4) is 5.75 Å². The van der Waals surface area contributed by atoms with Gasteiger partial charge >= 0.3 is 0 Å². The van der Waals surface area contributed by atoms with E-state index in [4.69, 9.17) is 16.3 Å². The highest BCUT2D eigenvalue weighted by molar-refractivity contribution is 7.21. The van der Waals surface area contributed by atoms with Gasteiger partial charge in [-0.3, -0.25) is 25.2 Å². The van der Waals surface area contributed by atoms with Gasteiger partial charge in [0.2, 0.25) is 0 Å². The Labute approximate surface area is 198 Å². The van der Waals surface area contributed by atoms with Crippen LogP contribution in [0.5, 0.6) is 5.75 Å². The summed E-state index contributed by atoms with van der Waals surface area (Å²) in [6.07, 6.45) is 0. The number of carbonyl (C=O) groups excluding carboxylic acids is 3. The molecule has 0 radical (unpaired) electrons. The highest BCUT2D eigenvalue weighted by Crippen LogP contribution is 2.37. The number of halogens is 1. The highest BCUT2D eigenvalue weighted by atomic mass is 35.5. The number of carbonyl (C=O) groups is 3. The first-order chi connectivity index (χ1) is 16.0. The predicted molar refractivity (Wildman–Crippen MR) is 129 cm³/mol. The summed E-state index contributed by atoms with van der Waals surface area (Å²) in [5.41, 5.74) is 6.08. The van der Waals surface area contributed by atoms with Gasteiger partial charge in [0.25, 0.3) is 17.7 Å². The number of para-hydroxylation sites is 1. The molecule has 9 heteroatoms. The molecule has 0 unspecified atom stereocenters. The molecule has 33 heavy (non-hydrogen) atoms. The van der Waals surface area contributed by atoms with E-state index in [1.54, 1.807) is 37.4 Å². The van der Waals surface area contributed by atoms with Crippen molar-refractivity contribution in [1.29, 1.82) is 0 Å². The van der Waals surface area contributed by atoms with Gasteiger partial charge < -0.3 is 10.1 Å². The Morgan fingerprint density at radius 3 is 2.12 bits per heavy atom. The van der Waals surface area contributed by atoms with Gasteiger partial charge in [0.1, 0.15) is 10.6 Å². The molecule has 0 saturated heterocycles. The molecule has 7 nitrogen and oxygen atoms in total. The third kappa shape index (κ3) is 4.97. The van der Waals surface area contributed by atoms with Crippen molar-refractivity contribution < 1.29 is 19.1 Å². The molecule has 0 atom stereocenters. The average molecular weight is 480 g/mol. The van der Waals surface area contributed by atoms with Gasteiger partial charge in [-0.1, -0.05) is 29.8 Å². The number of fused-ring (bicyclic) bond motifs is 1. The number of ether oxygens (including phenoxy) is 1. The summed E-state index contributed by atoms with van der Waals surface area (Å²) in [6.45, 7) is 0. The smallest absolute Gasteiger partial charge is 0.281 e. The van der Waals surface area contributed by atoms with E-state index in [0.717, 1.165) is 10.1 Å². The molecule has 3 aromatic carbocycles. The molecule has 1 aromatic heterocycles. The molecule has 1 heterocycles. The van der Waals surface area contributed by atoms with Gasteiger partial charge in [-0.15, -0.1) is 11.3 Å². The Morgan fingerprint density at radius 2 is 1.45 bits per heavy atom. The van der Waals surface area contributed by atoms with Crippen LogP contribution in [0, 0.1) is 0 Å². The van der Waals surface area contributed by atoms with Gasteiger partial charge in [-0.2, -0.15) is 0 Å². The van der Waals surface area contributed by atoms with Crippen molar-refractivity contribution in [2.75, 3.05) is 12.4 Å². The summed E-state index contributed by atoms with van der Waals surface area (Å²) < 4.78 is 5.99. The largest absolute Gasteiger partial charge is 0.497 e. The van der Waals surface area contributed by atoms with Crippen LogP contribution in [0.2, 0.25) is 5.02 Å². The molecule has 0 spiro atoms. The minimum atomic E-state index is -0.535. The molecule has 3 N–H and O–H groups in total. The first-order valence-electron chi connectivity index (χ1n) is 9.79. The van der Waals surface area contributed by atoms with Crippen LogP contribution in [0.4, 0.5) is 5.69 Å². The molecule has 0 aliphatic carbocycles. The molecular weight excluding hydrogens is 462 g/mol. The fourth-order valence-electron chi connectivity index (χ4n) is 3.06. The molecule has 4 rings (SSSR count). The van der Waals surface area contributed by atoms with Crippen molar-refractivity contribution in [3.05, 3.63) is 93.8 Å². The van der Waals surface area contributed by atoms with Gasteiger partial charge in [0.05, 0.1) is 12.1 Å². The van der Waals surface area contributed by atoms with E-state index in [9.17, 15) is 14.4 Å². The molecule has 0 aliphatic heterocycles. The minimum absolute atomic E-state index is 0.271. The maximum Gasteiger partial charge on any atom is 0.281 e. The SMILES string of the molecule is COc1ccc2c(Cl)c(C(=O)NNC(=O)c3ccc(C(=O)Nc4ccccc4)cc3)sc2c1. The number of methoxy groups -OCH3 is 1. The predicted octanol–water partition coefficient (Wildman–Crippen LogP) is 4.89. The van der Waals surface area contributed by atoms with Crippen LogP contribution in [-0.2, 0) is 0 Å². The number of nitrogens with one attached hydrogen (secondary N) is 3. The Morgan fingerprint density at radius 1 is 0.818 bits per heavy atom. The summed E-state index contributed by atoms with van der Waals surface area (Å²) in [7, 11) is 1.56. The highest BCUT2D eigenvalue weighted by Gasteiger charge is 2.18. The Kier molecular flexibility index (Phi) is 6.58. The van der Waals surface area contributed by atoms with Crippen LogP contribution in [0.15, 0.2) is 72.8 Å². The number of thiophene rings is 1. The number of hydrazine groups is 1. The number of hydrogen-bond donors (Lipinski definition) is 3. The molecule has 3 amide bonds. The molecule has 0 bridgehead atoms. The molecule has 0 aliphatic rings. The van der Waals surface area contributed by atoms with E-state index in [1.807, 2.05) is 18.2 Å². The Hall–Kier alpha value is -3.88. The zero-order valence-electron chi connectivity index (χ0n) is 17.3. The fourth-order valence-corrected chi connectivity index (χ4v) is 4.50. The van der Waals surface area contributed by atoms with Gasteiger partial charge in [-0.05, 0) is 54.6 Å². The first kappa shape index (κ1) is 22.3. The van der Waals surface area contributed by atoms with Gasteiger partial charge in [0, 0.05) is 26.9 Å². The van der Waals surface area contributed by atoms with Crippen molar-refractivity contribution in [2.45, 2.75) is 0 Å². The van der Waals surface area contributed by atoms with Gasteiger partial charge in [0.15, 0.2) is 0 Å². The monoisotopic (exact) mass is 479 g/mol. The van der Waals surface area contributed by atoms with Crippen LogP contribution in [-0.4, -0.2) is 24.8 Å². The molecular formula is C24H18ClN3O4S. The second-order valence-corrected chi connectivity index (χ2v) is 8.34. The maximum absolute atomic E-state index is 12.6. The third-order valence-electron chi connectivity index (χ3n) is 4.77. The normalized spacial score (nSPS) is 10.5. The maximum atomic E-state index is 12.6. The summed E-state index contributed by atoms with van der Waals surface area (Å²) in [5, 5.41) is 3.80. The van der Waals surface area contributed by atoms with Crippen LogP contribution >= 0.6 is 22.9 Å². The van der Waals surface area contributed by atoms with Crippen molar-refractivity contribution in [2.24, 2.45) is 0 Å². The van der Waals surface area contributed by atoms with E-state index < -0.39 is 11.8 Å². The van der Waals surface area contributed by atoms with Crippen LogP contribution < -0.4 is 20.9 Å². The topological polar surface area (TPSA) is 96.5 Å². The van der Waals surface area contributed by atoms with Crippen molar-refractivity contribution >= 4 is 56.4 Å². The van der Waals surface area contributed by atoms with E-state index >= 15 is 0 Å². The van der Waals surface area contributed by atoms with Gasteiger partial charge in [-0.25, -0.2) is 0 Å². The molecule has 0 saturated carbocycles. The second-order valence-electron chi connectivity index (χ2n) is 6.91. The second kappa shape index (κ2) is 9.72. The number of anilines is 1. The van der Waals surface area contributed by atoms with E-state index in [2.05, 4.69) is 16.2 Å². The van der Waals surface area contributed by atoms with E-state index in [1.165, 1.54) is 35.6 Å². The number of amides is 3. The number of hydrogen-bond acceptors (Lipinski definition) is 5. The van der Waals surface area contributed by atoms with Crippen LogP contribution in [0.25, 0.3) is 10.1 Å². The van der Waals surface area contributed by atoms with Crippen LogP contribution in [0.3, 0.4) is 0 Å². The number of rotatable bonds is 5. The quantitative estimate of drug-likeness (QED) is 0.355. The zero-order chi connectivity index (χ0) is 23.4. The van der Waals surface area contributed by atoms with E-state index in [-0.39, 0.29) is 16.3 Å². The lowest BCUT2D eigenvalue weighted by Crippen LogP contribution is -2.41. The van der Waals surface area contributed by atoms with Crippen molar-refractivity contribution in [1.82, 2.24) is 10.9 Å². The standard InChI is InChI=1S/C24H18ClN3O4S/c1-32-17-11-12-18-19(13-17)33-21(20(18)25)24(31)28-27-23(30)15-9-7-14(8-10-15)22(29)26-16-5-3-2-4-6-16/h2-13H,1H3,(H,26,29)(H,27,30)(H,28,31). The summed E-state index contributed by atoms with van der Waals surface area (Å²) in [4.78, 5) is 37.6. The first-order valence-corrected chi connectivity index (χ1v) is 11.0. The lowest BCUT2D eigenvalue weighted by Gasteiger charge is -2.08.